The Bertz CT molecular complexity index is 490. The molecule has 0 bridgehead atoms. The van der Waals surface area contributed by atoms with Gasteiger partial charge in [0.15, 0.2) is 0 Å². The summed E-state index contributed by atoms with van der Waals surface area (Å²) in [6.45, 7) is 2.73. The minimum atomic E-state index is -0.141. The van der Waals surface area contributed by atoms with Crippen molar-refractivity contribution in [3.05, 3.63) is 23.6 Å². The molecule has 8 heteroatoms. The van der Waals surface area contributed by atoms with Crippen LogP contribution in [0.15, 0.2) is 10.7 Å². The molecule has 1 atom stereocenters. The Labute approximate surface area is 104 Å². The summed E-state index contributed by atoms with van der Waals surface area (Å²) in [4.78, 5) is 4.26. The van der Waals surface area contributed by atoms with Gasteiger partial charge < -0.3 is 15.0 Å². The molecule has 0 radical (unpaired) electrons. The molecule has 0 aliphatic rings. The third-order valence-electron chi connectivity index (χ3n) is 2.52. The Kier molecular flexibility index (Phi) is 4.00. The minimum absolute atomic E-state index is 0.141. The molecule has 1 unspecified atom stereocenters. The van der Waals surface area contributed by atoms with E-state index in [1.807, 2.05) is 6.92 Å². The minimum Gasteiger partial charge on any atom is -0.373 e. The van der Waals surface area contributed by atoms with E-state index >= 15 is 0 Å². The van der Waals surface area contributed by atoms with E-state index < -0.39 is 0 Å². The van der Waals surface area contributed by atoms with Crippen LogP contribution < -0.4 is 5.73 Å². The zero-order valence-electron chi connectivity index (χ0n) is 10.4. The van der Waals surface area contributed by atoms with E-state index in [0.29, 0.717) is 24.8 Å². The SMILES string of the molecule is CCC(OC)c1noc(Cn2cc(CN)nn2)n1. The Morgan fingerprint density at radius 3 is 3.00 bits per heavy atom. The van der Waals surface area contributed by atoms with Crippen molar-refractivity contribution in [2.24, 2.45) is 5.73 Å². The van der Waals surface area contributed by atoms with Crippen LogP contribution in [-0.4, -0.2) is 32.2 Å². The van der Waals surface area contributed by atoms with Crippen LogP contribution in [0.3, 0.4) is 0 Å². The predicted molar refractivity (Wildman–Crippen MR) is 61.4 cm³/mol. The second-order valence-corrected chi connectivity index (χ2v) is 3.79. The fraction of sp³-hybridized carbons (Fsp3) is 0.600. The van der Waals surface area contributed by atoms with Crippen molar-refractivity contribution in [1.82, 2.24) is 25.1 Å². The summed E-state index contributed by atoms with van der Waals surface area (Å²) in [5.74, 6) is 1.02. The number of hydrogen-bond donors (Lipinski definition) is 1. The van der Waals surface area contributed by atoms with Gasteiger partial charge in [-0.1, -0.05) is 17.3 Å². The molecule has 2 aromatic rings. The van der Waals surface area contributed by atoms with Gasteiger partial charge in [-0.25, -0.2) is 4.68 Å². The second-order valence-electron chi connectivity index (χ2n) is 3.79. The van der Waals surface area contributed by atoms with Gasteiger partial charge in [-0.05, 0) is 6.42 Å². The average Bonchev–Trinajstić information content (AvgIpc) is 3.01. The van der Waals surface area contributed by atoms with E-state index in [1.165, 1.54) is 0 Å². The van der Waals surface area contributed by atoms with E-state index in [0.717, 1.165) is 12.1 Å². The van der Waals surface area contributed by atoms with Gasteiger partial charge in [0.05, 0.1) is 11.9 Å². The Hall–Kier alpha value is -1.80. The first-order valence-electron chi connectivity index (χ1n) is 5.71. The Morgan fingerprint density at radius 2 is 2.39 bits per heavy atom. The molecule has 0 aromatic carbocycles. The highest BCUT2D eigenvalue weighted by molar-refractivity contribution is 4.94. The lowest BCUT2D eigenvalue weighted by molar-refractivity contribution is 0.0903. The summed E-state index contributed by atoms with van der Waals surface area (Å²) in [5, 5.41) is 11.7. The fourth-order valence-electron chi connectivity index (χ4n) is 1.57. The molecule has 2 aromatic heterocycles. The van der Waals surface area contributed by atoms with Crippen molar-refractivity contribution < 1.29 is 9.26 Å². The highest BCUT2D eigenvalue weighted by Crippen LogP contribution is 2.16. The smallest absolute Gasteiger partial charge is 0.248 e. The first kappa shape index (κ1) is 12.7. The first-order valence-corrected chi connectivity index (χ1v) is 5.71. The topological polar surface area (TPSA) is 105 Å². The summed E-state index contributed by atoms with van der Waals surface area (Å²) in [5.41, 5.74) is 6.17. The number of rotatable bonds is 6. The van der Waals surface area contributed by atoms with E-state index in [4.69, 9.17) is 15.0 Å². The van der Waals surface area contributed by atoms with Gasteiger partial charge in [0.1, 0.15) is 12.6 Å². The van der Waals surface area contributed by atoms with Crippen LogP contribution in [0, 0.1) is 0 Å². The van der Waals surface area contributed by atoms with Gasteiger partial charge in [0.2, 0.25) is 11.7 Å². The fourth-order valence-corrected chi connectivity index (χ4v) is 1.57. The molecule has 0 spiro atoms. The summed E-state index contributed by atoms with van der Waals surface area (Å²) < 4.78 is 12.0. The van der Waals surface area contributed by atoms with Crippen molar-refractivity contribution in [3.8, 4) is 0 Å². The van der Waals surface area contributed by atoms with Crippen molar-refractivity contribution in [3.63, 3.8) is 0 Å². The normalized spacial score (nSPS) is 12.8. The molecule has 0 aliphatic heterocycles. The Balaban J connectivity index is 2.06. The largest absolute Gasteiger partial charge is 0.373 e. The summed E-state index contributed by atoms with van der Waals surface area (Å²) in [6, 6.07) is 0. The van der Waals surface area contributed by atoms with Gasteiger partial charge in [-0.3, -0.25) is 0 Å². The summed E-state index contributed by atoms with van der Waals surface area (Å²) >= 11 is 0. The molecule has 2 N–H and O–H groups in total. The van der Waals surface area contributed by atoms with Crippen LogP contribution in [0.2, 0.25) is 0 Å². The lowest BCUT2D eigenvalue weighted by atomic mass is 10.3. The van der Waals surface area contributed by atoms with Gasteiger partial charge in [0.25, 0.3) is 0 Å². The average molecular weight is 252 g/mol. The lowest BCUT2D eigenvalue weighted by Gasteiger charge is -2.05. The highest BCUT2D eigenvalue weighted by atomic mass is 16.5. The maximum Gasteiger partial charge on any atom is 0.248 e. The van der Waals surface area contributed by atoms with Gasteiger partial charge >= 0.3 is 0 Å². The quantitative estimate of drug-likeness (QED) is 0.786. The van der Waals surface area contributed by atoms with Crippen LogP contribution in [0.5, 0.6) is 0 Å². The molecule has 0 fully saturated rings. The molecule has 0 aliphatic carbocycles. The molecule has 2 rings (SSSR count). The molecule has 98 valence electrons. The van der Waals surface area contributed by atoms with Gasteiger partial charge in [0, 0.05) is 13.7 Å². The number of methoxy groups -OCH3 is 1. The maximum atomic E-state index is 5.45. The van der Waals surface area contributed by atoms with Gasteiger partial charge in [-0.2, -0.15) is 4.98 Å². The zero-order chi connectivity index (χ0) is 13.0. The predicted octanol–water partition coefficient (Wildman–Crippen LogP) is 0.266. The van der Waals surface area contributed by atoms with E-state index in [1.54, 1.807) is 18.0 Å². The summed E-state index contributed by atoms with van der Waals surface area (Å²) in [6.07, 6.45) is 2.39. The monoisotopic (exact) mass is 252 g/mol. The number of ether oxygens (including phenoxy) is 1. The molecule has 8 nitrogen and oxygen atoms in total. The zero-order valence-corrected chi connectivity index (χ0v) is 10.4. The third-order valence-corrected chi connectivity index (χ3v) is 2.52. The first-order chi connectivity index (χ1) is 8.76. The Morgan fingerprint density at radius 1 is 1.56 bits per heavy atom. The molecule has 0 saturated heterocycles. The number of nitrogens with zero attached hydrogens (tertiary/aromatic N) is 5. The van der Waals surface area contributed by atoms with Crippen molar-refractivity contribution >= 4 is 0 Å². The van der Waals surface area contributed by atoms with E-state index in [-0.39, 0.29) is 6.10 Å². The maximum absolute atomic E-state index is 5.45. The molecule has 18 heavy (non-hydrogen) atoms. The van der Waals surface area contributed by atoms with Gasteiger partial charge in [-0.15, -0.1) is 5.10 Å². The van der Waals surface area contributed by atoms with E-state index in [9.17, 15) is 0 Å². The summed E-state index contributed by atoms with van der Waals surface area (Å²) in [7, 11) is 1.62. The standard InChI is InChI=1S/C10H16N6O2/c1-3-8(17-2)10-12-9(18-14-10)6-16-5-7(4-11)13-15-16/h5,8H,3-4,6,11H2,1-2H3. The molecular formula is C10H16N6O2. The molecule has 2 heterocycles. The van der Waals surface area contributed by atoms with Crippen LogP contribution in [0.25, 0.3) is 0 Å². The molecule has 0 saturated carbocycles. The highest BCUT2D eigenvalue weighted by Gasteiger charge is 2.16. The molecular weight excluding hydrogens is 236 g/mol. The van der Waals surface area contributed by atoms with Crippen LogP contribution in [-0.2, 0) is 17.8 Å². The second kappa shape index (κ2) is 5.69. The van der Waals surface area contributed by atoms with Crippen molar-refractivity contribution in [2.75, 3.05) is 7.11 Å². The third kappa shape index (κ3) is 2.71. The van der Waals surface area contributed by atoms with E-state index in [2.05, 4.69) is 20.5 Å². The van der Waals surface area contributed by atoms with Crippen molar-refractivity contribution in [1.29, 1.82) is 0 Å². The van der Waals surface area contributed by atoms with Crippen LogP contribution >= 0.6 is 0 Å². The number of aromatic nitrogens is 5. The number of hydrogen-bond acceptors (Lipinski definition) is 7. The lowest BCUT2D eigenvalue weighted by Crippen LogP contribution is -2.04. The van der Waals surface area contributed by atoms with Crippen molar-refractivity contribution in [2.45, 2.75) is 32.5 Å². The van der Waals surface area contributed by atoms with Crippen LogP contribution in [0.4, 0.5) is 0 Å². The van der Waals surface area contributed by atoms with Crippen LogP contribution in [0.1, 0.15) is 36.9 Å². The number of nitrogens with two attached hydrogens (primary N) is 1. The molecule has 0 amide bonds.